The number of rotatable bonds is 7. The molecule has 19 heavy (non-hydrogen) atoms. The molecule has 0 aliphatic heterocycles. The zero-order chi connectivity index (χ0) is 14.3. The molecule has 1 aromatic carbocycles. The third-order valence-electron chi connectivity index (χ3n) is 2.90. The molecule has 0 saturated heterocycles. The van der Waals surface area contributed by atoms with Crippen LogP contribution in [0.25, 0.3) is 0 Å². The van der Waals surface area contributed by atoms with Crippen molar-refractivity contribution in [1.29, 1.82) is 0 Å². The number of benzene rings is 1. The molecule has 0 radical (unpaired) electrons. The summed E-state index contributed by atoms with van der Waals surface area (Å²) in [6.07, 6.45) is 3.12. The second-order valence-electron chi connectivity index (χ2n) is 5.00. The first-order valence-electron chi connectivity index (χ1n) is 6.63. The van der Waals surface area contributed by atoms with Gasteiger partial charge in [0.2, 0.25) is 0 Å². The Hall–Kier alpha value is -1.84. The van der Waals surface area contributed by atoms with E-state index in [9.17, 15) is 9.59 Å². The molecular weight excluding hydrogens is 242 g/mol. The van der Waals surface area contributed by atoms with Gasteiger partial charge in [0, 0.05) is 6.54 Å². The molecule has 0 spiro atoms. The molecule has 4 nitrogen and oxygen atoms in total. The van der Waals surface area contributed by atoms with Crippen molar-refractivity contribution in [1.82, 2.24) is 5.32 Å². The molecule has 0 atom stereocenters. The van der Waals surface area contributed by atoms with Crippen LogP contribution in [0.15, 0.2) is 24.3 Å². The second kappa shape index (κ2) is 7.56. The van der Waals surface area contributed by atoms with Crippen molar-refractivity contribution >= 4 is 11.9 Å². The maximum Gasteiger partial charge on any atom is 0.336 e. The van der Waals surface area contributed by atoms with Crippen LogP contribution in [0.2, 0.25) is 0 Å². The van der Waals surface area contributed by atoms with Crippen LogP contribution in [-0.4, -0.2) is 23.5 Å². The predicted molar refractivity (Wildman–Crippen MR) is 74.4 cm³/mol. The third-order valence-corrected chi connectivity index (χ3v) is 2.90. The molecule has 2 N–H and O–H groups in total. The smallest absolute Gasteiger partial charge is 0.336 e. The van der Waals surface area contributed by atoms with Crippen LogP contribution in [0, 0.1) is 5.92 Å². The molecule has 1 amide bonds. The Balaban J connectivity index is 2.48. The van der Waals surface area contributed by atoms with E-state index >= 15 is 0 Å². The third kappa shape index (κ3) is 5.12. The van der Waals surface area contributed by atoms with Gasteiger partial charge in [-0.3, -0.25) is 4.79 Å². The zero-order valence-corrected chi connectivity index (χ0v) is 11.5. The van der Waals surface area contributed by atoms with E-state index in [2.05, 4.69) is 19.2 Å². The van der Waals surface area contributed by atoms with Gasteiger partial charge in [0.05, 0.1) is 11.1 Å². The highest BCUT2D eigenvalue weighted by Crippen LogP contribution is 2.09. The topological polar surface area (TPSA) is 66.4 Å². The number of carbonyl (C=O) groups excluding carboxylic acids is 1. The molecule has 0 aliphatic rings. The van der Waals surface area contributed by atoms with Crippen LogP contribution in [-0.2, 0) is 0 Å². The molecule has 0 heterocycles. The molecule has 0 fully saturated rings. The number of hydrogen-bond donors (Lipinski definition) is 2. The minimum absolute atomic E-state index is 0.0437. The molecule has 0 bridgehead atoms. The van der Waals surface area contributed by atoms with Crippen LogP contribution in [0.3, 0.4) is 0 Å². The summed E-state index contributed by atoms with van der Waals surface area (Å²) in [7, 11) is 0. The Morgan fingerprint density at radius 2 is 1.79 bits per heavy atom. The van der Waals surface area contributed by atoms with E-state index in [1.54, 1.807) is 12.1 Å². The van der Waals surface area contributed by atoms with Crippen molar-refractivity contribution in [3.63, 3.8) is 0 Å². The summed E-state index contributed by atoms with van der Waals surface area (Å²) in [5.41, 5.74) is 0.265. The Bertz CT molecular complexity index is 441. The van der Waals surface area contributed by atoms with Gasteiger partial charge in [-0.05, 0) is 24.5 Å². The standard InChI is InChI=1S/C15H21NO3/c1-11(2)7-5-6-10-16-14(17)12-8-3-4-9-13(12)15(18)19/h3-4,8-9,11H,5-7,10H2,1-2H3,(H,16,17)(H,18,19). The molecule has 1 rings (SSSR count). The number of carbonyl (C=O) groups is 2. The number of hydrogen-bond acceptors (Lipinski definition) is 2. The number of nitrogens with one attached hydrogen (secondary N) is 1. The zero-order valence-electron chi connectivity index (χ0n) is 11.5. The van der Waals surface area contributed by atoms with Crippen LogP contribution in [0.4, 0.5) is 0 Å². The summed E-state index contributed by atoms with van der Waals surface area (Å²) in [6.45, 7) is 4.92. The van der Waals surface area contributed by atoms with Crippen molar-refractivity contribution in [2.24, 2.45) is 5.92 Å². The van der Waals surface area contributed by atoms with Crippen molar-refractivity contribution < 1.29 is 14.7 Å². The molecular formula is C15H21NO3. The first-order chi connectivity index (χ1) is 9.02. The molecule has 1 aromatic rings. The minimum Gasteiger partial charge on any atom is -0.478 e. The predicted octanol–water partition coefficient (Wildman–Crippen LogP) is 2.94. The fourth-order valence-corrected chi connectivity index (χ4v) is 1.84. The Morgan fingerprint density at radius 3 is 2.37 bits per heavy atom. The summed E-state index contributed by atoms with van der Waals surface area (Å²) in [5, 5.41) is 11.8. The van der Waals surface area contributed by atoms with Crippen molar-refractivity contribution in [2.75, 3.05) is 6.54 Å². The van der Waals surface area contributed by atoms with Crippen LogP contribution >= 0.6 is 0 Å². The van der Waals surface area contributed by atoms with Crippen molar-refractivity contribution in [3.05, 3.63) is 35.4 Å². The molecule has 0 saturated carbocycles. The van der Waals surface area contributed by atoms with Gasteiger partial charge < -0.3 is 10.4 Å². The van der Waals surface area contributed by atoms with Gasteiger partial charge in [-0.2, -0.15) is 0 Å². The number of aromatic carboxylic acids is 1. The van der Waals surface area contributed by atoms with E-state index in [0.29, 0.717) is 12.5 Å². The lowest BCUT2D eigenvalue weighted by atomic mass is 10.1. The van der Waals surface area contributed by atoms with Gasteiger partial charge in [0.1, 0.15) is 0 Å². The lowest BCUT2D eigenvalue weighted by Crippen LogP contribution is -2.26. The highest BCUT2D eigenvalue weighted by Gasteiger charge is 2.14. The molecule has 4 heteroatoms. The van der Waals surface area contributed by atoms with Crippen molar-refractivity contribution in [3.8, 4) is 0 Å². The van der Waals surface area contributed by atoms with E-state index < -0.39 is 5.97 Å². The number of amides is 1. The highest BCUT2D eigenvalue weighted by molar-refractivity contribution is 6.04. The Kier molecular flexibility index (Phi) is 6.06. The van der Waals surface area contributed by atoms with Crippen LogP contribution in [0.1, 0.15) is 53.8 Å². The second-order valence-corrected chi connectivity index (χ2v) is 5.00. The van der Waals surface area contributed by atoms with Gasteiger partial charge in [-0.25, -0.2) is 4.79 Å². The Morgan fingerprint density at radius 1 is 1.16 bits per heavy atom. The van der Waals surface area contributed by atoms with Gasteiger partial charge in [0.25, 0.3) is 5.91 Å². The largest absolute Gasteiger partial charge is 0.478 e. The summed E-state index contributed by atoms with van der Waals surface area (Å²) < 4.78 is 0. The van der Waals surface area contributed by atoms with E-state index in [0.717, 1.165) is 19.3 Å². The summed E-state index contributed by atoms with van der Waals surface area (Å²) in [5.74, 6) is -0.725. The first kappa shape index (κ1) is 15.2. The maximum atomic E-state index is 11.9. The van der Waals surface area contributed by atoms with Gasteiger partial charge in [-0.1, -0.05) is 38.8 Å². The number of unbranched alkanes of at least 4 members (excludes halogenated alkanes) is 1. The Labute approximate surface area is 113 Å². The quantitative estimate of drug-likeness (QED) is 0.743. The van der Waals surface area contributed by atoms with E-state index in [4.69, 9.17) is 5.11 Å². The van der Waals surface area contributed by atoms with Crippen LogP contribution < -0.4 is 5.32 Å². The highest BCUT2D eigenvalue weighted by atomic mass is 16.4. The average Bonchev–Trinajstić information content (AvgIpc) is 2.37. The minimum atomic E-state index is -1.08. The molecule has 0 unspecified atom stereocenters. The number of carboxylic acid groups (broad SMARTS) is 1. The van der Waals surface area contributed by atoms with E-state index in [1.807, 2.05) is 0 Å². The molecule has 104 valence electrons. The van der Waals surface area contributed by atoms with Crippen LogP contribution in [0.5, 0.6) is 0 Å². The number of carboxylic acids is 1. The van der Waals surface area contributed by atoms with E-state index in [1.165, 1.54) is 12.1 Å². The van der Waals surface area contributed by atoms with Gasteiger partial charge in [-0.15, -0.1) is 0 Å². The van der Waals surface area contributed by atoms with Crippen molar-refractivity contribution in [2.45, 2.75) is 33.1 Å². The summed E-state index contributed by atoms with van der Waals surface area (Å²) in [6, 6.07) is 6.26. The van der Waals surface area contributed by atoms with Gasteiger partial charge in [0.15, 0.2) is 0 Å². The molecule has 0 aromatic heterocycles. The lowest BCUT2D eigenvalue weighted by Gasteiger charge is -2.08. The fraction of sp³-hybridized carbons (Fsp3) is 0.467. The van der Waals surface area contributed by atoms with Gasteiger partial charge >= 0.3 is 5.97 Å². The monoisotopic (exact) mass is 263 g/mol. The normalized spacial score (nSPS) is 10.5. The summed E-state index contributed by atoms with van der Waals surface area (Å²) >= 11 is 0. The SMILES string of the molecule is CC(C)CCCCNC(=O)c1ccccc1C(=O)O. The maximum absolute atomic E-state index is 11.9. The average molecular weight is 263 g/mol. The van der Waals surface area contributed by atoms with E-state index in [-0.39, 0.29) is 17.0 Å². The summed E-state index contributed by atoms with van der Waals surface area (Å²) in [4.78, 5) is 22.9. The first-order valence-corrected chi connectivity index (χ1v) is 6.63. The molecule has 0 aliphatic carbocycles. The lowest BCUT2D eigenvalue weighted by molar-refractivity contribution is 0.0691. The fourth-order valence-electron chi connectivity index (χ4n) is 1.84.